The predicted molar refractivity (Wildman–Crippen MR) is 78.7 cm³/mol. The van der Waals surface area contributed by atoms with Crippen LogP contribution in [-0.2, 0) is 6.61 Å². The van der Waals surface area contributed by atoms with Gasteiger partial charge in [0.25, 0.3) is 0 Å². The van der Waals surface area contributed by atoms with Crippen molar-refractivity contribution in [2.75, 3.05) is 18.1 Å². The lowest BCUT2D eigenvalue weighted by molar-refractivity contribution is 0.281. The molecular weight excluding hydrogens is 262 g/mol. The van der Waals surface area contributed by atoms with Crippen LogP contribution in [0.5, 0.6) is 0 Å². The highest BCUT2D eigenvalue weighted by atomic mass is 35.5. The highest BCUT2D eigenvalue weighted by Gasteiger charge is 2.21. The zero-order valence-corrected chi connectivity index (χ0v) is 11.9. The van der Waals surface area contributed by atoms with Gasteiger partial charge < -0.3 is 15.1 Å². The van der Waals surface area contributed by atoms with Gasteiger partial charge in [-0.3, -0.25) is 0 Å². The quantitative estimate of drug-likeness (QED) is 0.873. The molecule has 0 aliphatic heterocycles. The predicted octanol–water partition coefficient (Wildman–Crippen LogP) is 2.96. The Bertz CT molecular complexity index is 405. The normalized spacial score (nSPS) is 16.6. The van der Waals surface area contributed by atoms with Crippen molar-refractivity contribution in [2.24, 2.45) is 0 Å². The number of anilines is 1. The number of hydrogen-bond donors (Lipinski definition) is 2. The number of nitrogens with zero attached hydrogens (tertiary/aromatic N) is 1. The van der Waals surface area contributed by atoms with Crippen molar-refractivity contribution >= 4 is 17.3 Å². The average molecular weight is 284 g/mol. The van der Waals surface area contributed by atoms with Crippen molar-refractivity contribution in [3.63, 3.8) is 0 Å². The first kappa shape index (κ1) is 14.6. The SMILES string of the molecule is OCCN(c1ccc(CO)c(Cl)c1)C1CCCCC1. The summed E-state index contributed by atoms with van der Waals surface area (Å²) in [5.74, 6) is 0. The fourth-order valence-corrected chi connectivity index (χ4v) is 3.10. The summed E-state index contributed by atoms with van der Waals surface area (Å²) in [5, 5.41) is 19.0. The molecule has 0 amide bonds. The fourth-order valence-electron chi connectivity index (χ4n) is 2.87. The summed E-state index contributed by atoms with van der Waals surface area (Å²) in [6.45, 7) is 0.748. The van der Waals surface area contributed by atoms with E-state index in [1.165, 1.54) is 32.1 Å². The molecule has 3 nitrogen and oxygen atoms in total. The van der Waals surface area contributed by atoms with Gasteiger partial charge in [-0.05, 0) is 30.5 Å². The molecule has 0 unspecified atom stereocenters. The van der Waals surface area contributed by atoms with Crippen molar-refractivity contribution in [1.82, 2.24) is 0 Å². The molecule has 2 rings (SSSR count). The maximum atomic E-state index is 9.28. The third-order valence-electron chi connectivity index (χ3n) is 3.90. The highest BCUT2D eigenvalue weighted by Crippen LogP contribution is 2.30. The number of rotatable bonds is 5. The molecule has 2 N–H and O–H groups in total. The van der Waals surface area contributed by atoms with Crippen molar-refractivity contribution in [2.45, 2.75) is 44.8 Å². The van der Waals surface area contributed by atoms with E-state index in [2.05, 4.69) is 4.90 Å². The summed E-state index contributed by atoms with van der Waals surface area (Å²) in [5.41, 5.74) is 1.79. The monoisotopic (exact) mass is 283 g/mol. The third-order valence-corrected chi connectivity index (χ3v) is 4.25. The molecule has 0 saturated heterocycles. The molecule has 0 bridgehead atoms. The summed E-state index contributed by atoms with van der Waals surface area (Å²) in [6.07, 6.45) is 6.19. The summed E-state index contributed by atoms with van der Waals surface area (Å²) < 4.78 is 0. The van der Waals surface area contributed by atoms with Gasteiger partial charge in [0.05, 0.1) is 13.2 Å². The van der Waals surface area contributed by atoms with Crippen molar-refractivity contribution in [1.29, 1.82) is 0 Å². The molecule has 0 atom stereocenters. The Morgan fingerprint density at radius 1 is 1.16 bits per heavy atom. The van der Waals surface area contributed by atoms with E-state index < -0.39 is 0 Å². The molecule has 1 aliphatic rings. The molecule has 1 fully saturated rings. The van der Waals surface area contributed by atoms with E-state index in [0.29, 0.717) is 17.6 Å². The minimum atomic E-state index is -0.0391. The molecule has 1 aromatic carbocycles. The van der Waals surface area contributed by atoms with E-state index in [0.717, 1.165) is 11.3 Å². The highest BCUT2D eigenvalue weighted by molar-refractivity contribution is 6.31. The molecule has 0 radical (unpaired) electrons. The van der Waals surface area contributed by atoms with Gasteiger partial charge in [-0.2, -0.15) is 0 Å². The van der Waals surface area contributed by atoms with Crippen molar-refractivity contribution in [3.05, 3.63) is 28.8 Å². The molecular formula is C15H22ClNO2. The van der Waals surface area contributed by atoms with E-state index in [-0.39, 0.29) is 13.2 Å². The van der Waals surface area contributed by atoms with Gasteiger partial charge in [-0.25, -0.2) is 0 Å². The van der Waals surface area contributed by atoms with E-state index >= 15 is 0 Å². The molecule has 0 spiro atoms. The van der Waals surface area contributed by atoms with Crippen molar-refractivity contribution < 1.29 is 10.2 Å². The summed E-state index contributed by atoms with van der Waals surface area (Å²) in [6, 6.07) is 6.25. The topological polar surface area (TPSA) is 43.7 Å². The Balaban J connectivity index is 2.19. The maximum absolute atomic E-state index is 9.28. The van der Waals surface area contributed by atoms with Crippen LogP contribution in [0.1, 0.15) is 37.7 Å². The van der Waals surface area contributed by atoms with Crippen LogP contribution in [-0.4, -0.2) is 29.4 Å². The van der Waals surface area contributed by atoms with Crippen LogP contribution in [0.15, 0.2) is 18.2 Å². The van der Waals surface area contributed by atoms with Crippen LogP contribution in [0.3, 0.4) is 0 Å². The Labute approximate surface area is 119 Å². The summed E-state index contributed by atoms with van der Waals surface area (Å²) in [7, 11) is 0. The maximum Gasteiger partial charge on any atom is 0.0696 e. The van der Waals surface area contributed by atoms with E-state index in [9.17, 15) is 5.11 Å². The lowest BCUT2D eigenvalue weighted by Gasteiger charge is -2.36. The van der Waals surface area contributed by atoms with Crippen LogP contribution in [0, 0.1) is 0 Å². The minimum absolute atomic E-state index is 0.0391. The second-order valence-corrected chi connectivity index (χ2v) is 5.55. The summed E-state index contributed by atoms with van der Waals surface area (Å²) in [4.78, 5) is 2.26. The van der Waals surface area contributed by atoms with Gasteiger partial charge in [0.1, 0.15) is 0 Å². The van der Waals surface area contributed by atoms with E-state index in [1.54, 1.807) is 0 Å². The molecule has 0 aromatic heterocycles. The first-order valence-corrected chi connectivity index (χ1v) is 7.41. The standard InChI is InChI=1S/C15H22ClNO2/c16-15-10-14(7-6-12(15)11-19)17(8-9-18)13-4-2-1-3-5-13/h6-7,10,13,18-19H,1-5,8-9,11H2. The van der Waals surface area contributed by atoms with Crippen LogP contribution >= 0.6 is 11.6 Å². The van der Waals surface area contributed by atoms with Gasteiger partial charge >= 0.3 is 0 Å². The van der Waals surface area contributed by atoms with Gasteiger partial charge in [-0.1, -0.05) is 36.9 Å². The molecule has 4 heteroatoms. The summed E-state index contributed by atoms with van der Waals surface area (Å²) >= 11 is 6.16. The first-order chi connectivity index (χ1) is 9.26. The molecule has 1 aromatic rings. The molecule has 1 aliphatic carbocycles. The zero-order valence-electron chi connectivity index (χ0n) is 11.2. The number of halogens is 1. The fraction of sp³-hybridized carbons (Fsp3) is 0.600. The number of aliphatic hydroxyl groups excluding tert-OH is 2. The van der Waals surface area contributed by atoms with E-state index in [4.69, 9.17) is 16.7 Å². The Kier molecular flexibility index (Phi) is 5.49. The Morgan fingerprint density at radius 3 is 2.47 bits per heavy atom. The third kappa shape index (κ3) is 3.62. The number of benzene rings is 1. The Morgan fingerprint density at radius 2 is 1.89 bits per heavy atom. The molecule has 106 valence electrons. The zero-order chi connectivity index (χ0) is 13.7. The van der Waals surface area contributed by atoms with Crippen LogP contribution in [0.25, 0.3) is 0 Å². The average Bonchev–Trinajstić information content (AvgIpc) is 2.45. The van der Waals surface area contributed by atoms with Gasteiger partial charge in [-0.15, -0.1) is 0 Å². The largest absolute Gasteiger partial charge is 0.395 e. The molecule has 1 saturated carbocycles. The van der Waals surface area contributed by atoms with E-state index in [1.807, 2.05) is 18.2 Å². The van der Waals surface area contributed by atoms with Gasteiger partial charge in [0, 0.05) is 23.3 Å². The number of aliphatic hydroxyl groups is 2. The molecule has 19 heavy (non-hydrogen) atoms. The van der Waals surface area contributed by atoms with Gasteiger partial charge in [0.2, 0.25) is 0 Å². The molecule has 0 heterocycles. The minimum Gasteiger partial charge on any atom is -0.395 e. The van der Waals surface area contributed by atoms with Gasteiger partial charge in [0.15, 0.2) is 0 Å². The number of hydrogen-bond acceptors (Lipinski definition) is 3. The smallest absolute Gasteiger partial charge is 0.0696 e. The Hall–Kier alpha value is -0.770. The first-order valence-electron chi connectivity index (χ1n) is 7.03. The lowest BCUT2D eigenvalue weighted by Crippen LogP contribution is -2.38. The second kappa shape index (κ2) is 7.13. The van der Waals surface area contributed by atoms with Crippen molar-refractivity contribution in [3.8, 4) is 0 Å². The van der Waals surface area contributed by atoms with Crippen LogP contribution < -0.4 is 4.90 Å². The van der Waals surface area contributed by atoms with Crippen LogP contribution in [0.4, 0.5) is 5.69 Å². The van der Waals surface area contributed by atoms with Crippen LogP contribution in [0.2, 0.25) is 5.02 Å². The lowest BCUT2D eigenvalue weighted by atomic mass is 9.93. The second-order valence-electron chi connectivity index (χ2n) is 5.14.